The van der Waals surface area contributed by atoms with Crippen LogP contribution in [0.4, 0.5) is 11.4 Å². The first-order valence-electron chi connectivity index (χ1n) is 7.04. The Balaban J connectivity index is 2.88. The molecule has 0 radical (unpaired) electrons. The normalized spacial score (nSPS) is 10.3. The number of hydrogen-bond acceptors (Lipinski definition) is 4. The van der Waals surface area contributed by atoms with Crippen molar-refractivity contribution in [2.24, 2.45) is 11.7 Å². The third kappa shape index (κ3) is 4.75. The maximum Gasteiger partial charge on any atom is 0.238 e. The van der Waals surface area contributed by atoms with Gasteiger partial charge in [0.25, 0.3) is 0 Å². The minimum Gasteiger partial charge on any atom is -0.494 e. The van der Waals surface area contributed by atoms with Gasteiger partial charge in [0, 0.05) is 17.7 Å². The van der Waals surface area contributed by atoms with Crippen LogP contribution in [0, 0.1) is 5.92 Å². The molecule has 21 heavy (non-hydrogen) atoms. The van der Waals surface area contributed by atoms with Gasteiger partial charge in [-0.25, -0.2) is 0 Å². The molecule has 1 rings (SSSR count). The summed E-state index contributed by atoms with van der Waals surface area (Å²) in [6, 6.07) is 5.04. The number of hydrogen-bond donors (Lipinski definition) is 3. The van der Waals surface area contributed by atoms with E-state index in [4.69, 9.17) is 10.5 Å². The van der Waals surface area contributed by atoms with Crippen LogP contribution in [0.5, 0.6) is 5.75 Å². The summed E-state index contributed by atoms with van der Waals surface area (Å²) in [5.74, 6) is 0.151. The van der Waals surface area contributed by atoms with E-state index in [-0.39, 0.29) is 24.3 Å². The summed E-state index contributed by atoms with van der Waals surface area (Å²) in [7, 11) is 1.51. The fourth-order valence-corrected chi connectivity index (χ4v) is 1.98. The van der Waals surface area contributed by atoms with E-state index in [9.17, 15) is 9.59 Å². The van der Waals surface area contributed by atoms with E-state index in [0.29, 0.717) is 17.1 Å². The standard InChI is InChI=1S/C15H23N3O3/c1-4-10(5-2)15(20)18-12-7-6-11(8-13(12)21-3)17-14(19)9-16/h6-8,10H,4-5,9,16H2,1-3H3,(H,17,19)(H,18,20). The van der Waals surface area contributed by atoms with Crippen molar-refractivity contribution in [2.45, 2.75) is 26.7 Å². The van der Waals surface area contributed by atoms with E-state index in [1.165, 1.54) is 7.11 Å². The molecule has 0 saturated carbocycles. The van der Waals surface area contributed by atoms with Crippen LogP contribution in [0.15, 0.2) is 18.2 Å². The molecule has 0 bridgehead atoms. The Bertz CT molecular complexity index is 499. The Morgan fingerprint density at radius 2 is 1.90 bits per heavy atom. The van der Waals surface area contributed by atoms with Crippen molar-refractivity contribution in [1.29, 1.82) is 0 Å². The van der Waals surface area contributed by atoms with Gasteiger partial charge in [0.2, 0.25) is 11.8 Å². The van der Waals surface area contributed by atoms with Crippen LogP contribution < -0.4 is 21.1 Å². The summed E-state index contributed by atoms with van der Waals surface area (Å²) in [6.45, 7) is 3.88. The average molecular weight is 293 g/mol. The first-order valence-corrected chi connectivity index (χ1v) is 7.04. The Morgan fingerprint density at radius 3 is 2.43 bits per heavy atom. The molecule has 116 valence electrons. The zero-order chi connectivity index (χ0) is 15.8. The molecule has 6 nitrogen and oxygen atoms in total. The molecule has 0 aromatic heterocycles. The fourth-order valence-electron chi connectivity index (χ4n) is 1.98. The number of nitrogens with one attached hydrogen (secondary N) is 2. The van der Waals surface area contributed by atoms with Crippen LogP contribution >= 0.6 is 0 Å². The van der Waals surface area contributed by atoms with Crippen molar-refractivity contribution in [1.82, 2.24) is 0 Å². The largest absolute Gasteiger partial charge is 0.494 e. The average Bonchev–Trinajstić information content (AvgIpc) is 2.49. The van der Waals surface area contributed by atoms with Gasteiger partial charge in [-0.05, 0) is 25.0 Å². The van der Waals surface area contributed by atoms with Crippen LogP contribution in [-0.4, -0.2) is 25.5 Å². The third-order valence-electron chi connectivity index (χ3n) is 3.28. The number of nitrogens with two attached hydrogens (primary N) is 1. The number of methoxy groups -OCH3 is 1. The minimum atomic E-state index is -0.286. The van der Waals surface area contributed by atoms with Gasteiger partial charge in [0.1, 0.15) is 5.75 Å². The molecule has 0 unspecified atom stereocenters. The zero-order valence-electron chi connectivity index (χ0n) is 12.7. The highest BCUT2D eigenvalue weighted by Gasteiger charge is 2.16. The first kappa shape index (κ1) is 17.0. The highest BCUT2D eigenvalue weighted by molar-refractivity contribution is 5.96. The Labute approximate surface area is 125 Å². The molecule has 0 fully saturated rings. The molecule has 0 aliphatic rings. The predicted molar refractivity (Wildman–Crippen MR) is 83.4 cm³/mol. The van der Waals surface area contributed by atoms with Gasteiger partial charge >= 0.3 is 0 Å². The molecule has 1 aromatic carbocycles. The monoisotopic (exact) mass is 293 g/mol. The molecule has 0 atom stereocenters. The lowest BCUT2D eigenvalue weighted by Gasteiger charge is -2.16. The highest BCUT2D eigenvalue weighted by atomic mass is 16.5. The summed E-state index contributed by atoms with van der Waals surface area (Å²) in [6.07, 6.45) is 1.57. The molecular formula is C15H23N3O3. The van der Waals surface area contributed by atoms with Gasteiger partial charge in [0.05, 0.1) is 19.3 Å². The molecule has 0 aliphatic heterocycles. The number of benzene rings is 1. The Morgan fingerprint density at radius 1 is 1.24 bits per heavy atom. The van der Waals surface area contributed by atoms with E-state index in [1.54, 1.807) is 18.2 Å². The highest BCUT2D eigenvalue weighted by Crippen LogP contribution is 2.28. The lowest BCUT2D eigenvalue weighted by Crippen LogP contribution is -2.23. The van der Waals surface area contributed by atoms with Crippen LogP contribution in [0.3, 0.4) is 0 Å². The molecule has 2 amide bonds. The minimum absolute atomic E-state index is 0.0219. The summed E-state index contributed by atoms with van der Waals surface area (Å²) in [5, 5.41) is 5.49. The quantitative estimate of drug-likeness (QED) is 0.716. The molecule has 0 saturated heterocycles. The first-order chi connectivity index (χ1) is 10.0. The molecule has 0 heterocycles. The van der Waals surface area contributed by atoms with Crippen molar-refractivity contribution in [3.63, 3.8) is 0 Å². The Hall–Kier alpha value is -2.08. The van der Waals surface area contributed by atoms with Gasteiger partial charge in [-0.2, -0.15) is 0 Å². The van der Waals surface area contributed by atoms with Crippen LogP contribution in [-0.2, 0) is 9.59 Å². The van der Waals surface area contributed by atoms with Gasteiger partial charge in [-0.15, -0.1) is 0 Å². The SMILES string of the molecule is CCC(CC)C(=O)Nc1ccc(NC(=O)CN)cc1OC. The van der Waals surface area contributed by atoms with Gasteiger partial charge < -0.3 is 21.1 Å². The van der Waals surface area contributed by atoms with E-state index < -0.39 is 0 Å². The summed E-state index contributed by atoms with van der Waals surface area (Å²) >= 11 is 0. The molecule has 0 aliphatic carbocycles. The number of anilines is 2. The predicted octanol–water partition coefficient (Wildman–Crippen LogP) is 1.97. The second-order valence-corrected chi connectivity index (χ2v) is 4.67. The van der Waals surface area contributed by atoms with Crippen molar-refractivity contribution >= 4 is 23.2 Å². The van der Waals surface area contributed by atoms with Gasteiger partial charge in [-0.3, -0.25) is 9.59 Å². The second kappa shape index (κ2) is 8.26. The Kier molecular flexibility index (Phi) is 6.68. The van der Waals surface area contributed by atoms with Crippen LogP contribution in [0.2, 0.25) is 0 Å². The molecule has 1 aromatic rings. The van der Waals surface area contributed by atoms with Crippen molar-refractivity contribution in [2.75, 3.05) is 24.3 Å². The number of amides is 2. The number of carbonyl (C=O) groups is 2. The van der Waals surface area contributed by atoms with Crippen LogP contribution in [0.25, 0.3) is 0 Å². The fraction of sp³-hybridized carbons (Fsp3) is 0.467. The lowest BCUT2D eigenvalue weighted by molar-refractivity contribution is -0.120. The topological polar surface area (TPSA) is 93.5 Å². The summed E-state index contributed by atoms with van der Waals surface area (Å²) < 4.78 is 5.25. The van der Waals surface area contributed by atoms with Crippen molar-refractivity contribution < 1.29 is 14.3 Å². The van der Waals surface area contributed by atoms with E-state index in [0.717, 1.165) is 12.8 Å². The number of rotatable bonds is 7. The molecular weight excluding hydrogens is 270 g/mol. The van der Waals surface area contributed by atoms with E-state index in [2.05, 4.69) is 10.6 Å². The summed E-state index contributed by atoms with van der Waals surface area (Å²) in [4.78, 5) is 23.4. The number of ether oxygens (including phenoxy) is 1. The maximum absolute atomic E-state index is 12.1. The van der Waals surface area contributed by atoms with Gasteiger partial charge in [0.15, 0.2) is 0 Å². The van der Waals surface area contributed by atoms with Gasteiger partial charge in [-0.1, -0.05) is 13.8 Å². The second-order valence-electron chi connectivity index (χ2n) is 4.67. The van der Waals surface area contributed by atoms with E-state index >= 15 is 0 Å². The molecule has 6 heteroatoms. The van der Waals surface area contributed by atoms with Crippen LogP contribution in [0.1, 0.15) is 26.7 Å². The third-order valence-corrected chi connectivity index (χ3v) is 3.28. The zero-order valence-corrected chi connectivity index (χ0v) is 12.7. The number of carbonyl (C=O) groups excluding carboxylic acids is 2. The molecule has 0 spiro atoms. The molecule has 4 N–H and O–H groups in total. The smallest absolute Gasteiger partial charge is 0.238 e. The van der Waals surface area contributed by atoms with E-state index in [1.807, 2.05) is 13.8 Å². The maximum atomic E-state index is 12.1. The summed E-state index contributed by atoms with van der Waals surface area (Å²) in [5.41, 5.74) is 6.41. The lowest BCUT2D eigenvalue weighted by atomic mass is 10.0. The van der Waals surface area contributed by atoms with Crippen molar-refractivity contribution in [3.8, 4) is 5.75 Å². The van der Waals surface area contributed by atoms with Crippen molar-refractivity contribution in [3.05, 3.63) is 18.2 Å².